The van der Waals surface area contributed by atoms with Crippen molar-refractivity contribution in [3.63, 3.8) is 0 Å². The summed E-state index contributed by atoms with van der Waals surface area (Å²) in [5.41, 5.74) is 7.48. The number of hydrogen-bond donors (Lipinski definition) is 1. The normalized spacial score (nSPS) is 12.2. The summed E-state index contributed by atoms with van der Waals surface area (Å²) >= 11 is 4.52. The van der Waals surface area contributed by atoms with Crippen LogP contribution in [0.25, 0.3) is 22.3 Å². The summed E-state index contributed by atoms with van der Waals surface area (Å²) in [6.45, 7) is 0. The van der Waals surface area contributed by atoms with Crippen molar-refractivity contribution in [1.82, 2.24) is 0 Å². The first-order chi connectivity index (χ1) is 10.3. The van der Waals surface area contributed by atoms with E-state index in [9.17, 15) is 0 Å². The summed E-state index contributed by atoms with van der Waals surface area (Å²) in [5.74, 6) is 0. The zero-order valence-electron chi connectivity index (χ0n) is 11.7. The van der Waals surface area contributed by atoms with Gasteiger partial charge in [0.25, 0.3) is 0 Å². The molecule has 1 aliphatic rings. The van der Waals surface area contributed by atoms with Crippen molar-refractivity contribution < 1.29 is 0 Å². The van der Waals surface area contributed by atoms with Crippen LogP contribution in [0.15, 0.2) is 71.6 Å². The minimum atomic E-state index is 0.991. The van der Waals surface area contributed by atoms with Crippen LogP contribution in [-0.2, 0) is 0 Å². The fourth-order valence-corrected chi connectivity index (χ4v) is 3.31. The molecule has 1 nitrogen and oxygen atoms in total. The third-order valence-corrected chi connectivity index (χ3v) is 4.39. The van der Waals surface area contributed by atoms with Crippen molar-refractivity contribution >= 4 is 24.0 Å². The van der Waals surface area contributed by atoms with Gasteiger partial charge in [-0.15, -0.1) is 12.6 Å². The van der Waals surface area contributed by atoms with Crippen LogP contribution in [0.4, 0.5) is 11.4 Å². The van der Waals surface area contributed by atoms with E-state index >= 15 is 0 Å². The van der Waals surface area contributed by atoms with Crippen molar-refractivity contribution in [2.75, 3.05) is 11.9 Å². The standard InChI is InChI=1S/C19H15NS/c1-20-18-8-4-2-6-15(18)14-11-10-13(21)12-17(14)16-7-3-5-9-19(16)20/h2-12,21H,1H3. The number of nitrogens with zero attached hydrogens (tertiary/aromatic N) is 1. The number of thiol groups is 1. The van der Waals surface area contributed by atoms with Gasteiger partial charge >= 0.3 is 0 Å². The van der Waals surface area contributed by atoms with E-state index in [-0.39, 0.29) is 0 Å². The summed E-state index contributed by atoms with van der Waals surface area (Å²) in [4.78, 5) is 3.26. The van der Waals surface area contributed by atoms with Crippen molar-refractivity contribution in [1.29, 1.82) is 0 Å². The van der Waals surface area contributed by atoms with E-state index in [1.165, 1.54) is 33.6 Å². The van der Waals surface area contributed by atoms with Gasteiger partial charge in [0.2, 0.25) is 0 Å². The van der Waals surface area contributed by atoms with Crippen molar-refractivity contribution in [2.24, 2.45) is 0 Å². The Hall–Kier alpha value is -2.19. The zero-order chi connectivity index (χ0) is 14.4. The van der Waals surface area contributed by atoms with Crippen LogP contribution in [0.5, 0.6) is 0 Å². The summed E-state index contributed by atoms with van der Waals surface area (Å²) in [5, 5.41) is 0. The van der Waals surface area contributed by atoms with Crippen LogP contribution < -0.4 is 4.90 Å². The SMILES string of the molecule is CN1c2ccccc2-c2ccc(S)cc2-c2ccccc21. The minimum absolute atomic E-state index is 0.991. The minimum Gasteiger partial charge on any atom is -0.344 e. The Kier molecular flexibility index (Phi) is 2.79. The zero-order valence-corrected chi connectivity index (χ0v) is 12.6. The molecule has 3 aromatic carbocycles. The topological polar surface area (TPSA) is 3.24 Å². The molecular formula is C19H15NS. The smallest absolute Gasteiger partial charge is 0.0488 e. The first-order valence-electron chi connectivity index (χ1n) is 7.01. The quantitative estimate of drug-likeness (QED) is 0.543. The van der Waals surface area contributed by atoms with E-state index in [0.29, 0.717) is 0 Å². The predicted molar refractivity (Wildman–Crippen MR) is 92.6 cm³/mol. The van der Waals surface area contributed by atoms with Crippen molar-refractivity contribution in [3.8, 4) is 22.3 Å². The first-order valence-corrected chi connectivity index (χ1v) is 7.46. The summed E-state index contributed by atoms with van der Waals surface area (Å²) < 4.78 is 0. The maximum atomic E-state index is 4.52. The Morgan fingerprint density at radius 3 is 1.90 bits per heavy atom. The first kappa shape index (κ1) is 12.5. The average Bonchev–Trinajstić information content (AvgIpc) is 2.63. The number of para-hydroxylation sites is 2. The maximum absolute atomic E-state index is 4.52. The van der Waals surface area contributed by atoms with Gasteiger partial charge in [0.1, 0.15) is 0 Å². The van der Waals surface area contributed by atoms with E-state index in [1.54, 1.807) is 0 Å². The molecule has 2 heteroatoms. The monoisotopic (exact) mass is 289 g/mol. The van der Waals surface area contributed by atoms with Gasteiger partial charge in [-0.25, -0.2) is 0 Å². The molecule has 0 spiro atoms. The van der Waals surface area contributed by atoms with Gasteiger partial charge in [0.15, 0.2) is 0 Å². The number of rotatable bonds is 0. The predicted octanol–water partition coefficient (Wildman–Crippen LogP) is 5.39. The van der Waals surface area contributed by atoms with Crippen LogP contribution in [0.1, 0.15) is 0 Å². The second-order valence-corrected chi connectivity index (χ2v) is 5.84. The third-order valence-electron chi connectivity index (χ3n) is 4.11. The molecule has 0 amide bonds. The van der Waals surface area contributed by atoms with E-state index in [1.807, 2.05) is 0 Å². The van der Waals surface area contributed by atoms with Crippen LogP contribution in [-0.4, -0.2) is 7.05 Å². The second-order valence-electron chi connectivity index (χ2n) is 5.32. The number of benzene rings is 3. The van der Waals surface area contributed by atoms with Gasteiger partial charge < -0.3 is 4.90 Å². The Morgan fingerprint density at radius 1 is 0.667 bits per heavy atom. The Labute approximate surface area is 130 Å². The largest absolute Gasteiger partial charge is 0.344 e. The molecule has 0 bridgehead atoms. The number of anilines is 2. The van der Waals surface area contributed by atoms with E-state index in [0.717, 1.165) is 4.90 Å². The Morgan fingerprint density at radius 2 is 1.24 bits per heavy atom. The molecule has 4 rings (SSSR count). The molecule has 0 aromatic heterocycles. The highest BCUT2D eigenvalue weighted by molar-refractivity contribution is 7.80. The highest BCUT2D eigenvalue weighted by atomic mass is 32.1. The summed E-state index contributed by atoms with van der Waals surface area (Å²) in [6.07, 6.45) is 0. The van der Waals surface area contributed by atoms with Crippen molar-refractivity contribution in [2.45, 2.75) is 4.90 Å². The van der Waals surface area contributed by atoms with Gasteiger partial charge in [-0.05, 0) is 35.4 Å². The molecule has 1 heterocycles. The fraction of sp³-hybridized carbons (Fsp3) is 0.0526. The summed E-state index contributed by atoms with van der Waals surface area (Å²) in [7, 11) is 2.13. The molecule has 1 aliphatic heterocycles. The molecule has 0 radical (unpaired) electrons. The van der Waals surface area contributed by atoms with E-state index in [2.05, 4.69) is 91.3 Å². The maximum Gasteiger partial charge on any atom is 0.0488 e. The second kappa shape index (κ2) is 4.68. The molecule has 0 unspecified atom stereocenters. The van der Waals surface area contributed by atoms with Gasteiger partial charge in [-0.2, -0.15) is 0 Å². The Bertz CT molecular complexity index is 838. The molecule has 0 saturated heterocycles. The highest BCUT2D eigenvalue weighted by Gasteiger charge is 2.21. The molecule has 3 aromatic rings. The van der Waals surface area contributed by atoms with Gasteiger partial charge in [0.05, 0.1) is 0 Å². The van der Waals surface area contributed by atoms with E-state index in [4.69, 9.17) is 0 Å². The lowest BCUT2D eigenvalue weighted by molar-refractivity contribution is 1.22. The average molecular weight is 289 g/mol. The van der Waals surface area contributed by atoms with Crippen LogP contribution in [0.2, 0.25) is 0 Å². The lowest BCUT2D eigenvalue weighted by atomic mass is 9.95. The lowest BCUT2D eigenvalue weighted by Gasteiger charge is -2.21. The fourth-order valence-electron chi connectivity index (χ4n) is 3.11. The van der Waals surface area contributed by atoms with Crippen LogP contribution in [0, 0.1) is 0 Å². The molecule has 102 valence electrons. The molecule has 21 heavy (non-hydrogen) atoms. The van der Waals surface area contributed by atoms with Crippen LogP contribution >= 0.6 is 12.6 Å². The van der Waals surface area contributed by atoms with Crippen molar-refractivity contribution in [3.05, 3.63) is 66.7 Å². The molecular weight excluding hydrogens is 274 g/mol. The molecule has 0 aliphatic carbocycles. The highest BCUT2D eigenvalue weighted by Crippen LogP contribution is 2.47. The Balaban J connectivity index is 2.17. The van der Waals surface area contributed by atoms with E-state index < -0.39 is 0 Å². The molecule has 0 fully saturated rings. The molecule has 0 atom stereocenters. The summed E-state index contributed by atoms with van der Waals surface area (Å²) in [6, 6.07) is 23.5. The third kappa shape index (κ3) is 1.87. The number of hydrogen-bond acceptors (Lipinski definition) is 2. The van der Waals surface area contributed by atoms with Gasteiger partial charge in [-0.1, -0.05) is 42.5 Å². The van der Waals surface area contributed by atoms with Gasteiger partial charge in [0, 0.05) is 34.4 Å². The molecule has 0 saturated carbocycles. The van der Waals surface area contributed by atoms with Gasteiger partial charge in [-0.3, -0.25) is 0 Å². The molecule has 0 N–H and O–H groups in total. The number of fused-ring (bicyclic) bond motifs is 5. The van der Waals surface area contributed by atoms with Crippen LogP contribution in [0.3, 0.4) is 0 Å². The lowest BCUT2D eigenvalue weighted by Crippen LogP contribution is -2.09.